The second kappa shape index (κ2) is 7.45. The van der Waals surface area contributed by atoms with Crippen molar-refractivity contribution >= 4 is 21.5 Å². The van der Waals surface area contributed by atoms with Crippen molar-refractivity contribution in [1.29, 1.82) is 0 Å². The lowest BCUT2D eigenvalue weighted by Gasteiger charge is -2.13. The molecule has 0 amide bonds. The summed E-state index contributed by atoms with van der Waals surface area (Å²) in [6.45, 7) is 4.03. The summed E-state index contributed by atoms with van der Waals surface area (Å²) in [5.41, 5.74) is 3.11. The first kappa shape index (κ1) is 20.2. The average molecular weight is 431 g/mol. The fourth-order valence-corrected chi connectivity index (χ4v) is 4.37. The van der Waals surface area contributed by atoms with Crippen molar-refractivity contribution in [3.8, 4) is 22.4 Å². The normalized spacial score (nSPS) is 11.4. The molecule has 5 heteroatoms. The molecule has 0 saturated heterocycles. The molecule has 0 unspecified atom stereocenters. The lowest BCUT2D eigenvalue weighted by molar-refractivity contribution is 0.545. The molecule has 0 aliphatic heterocycles. The van der Waals surface area contributed by atoms with Crippen LogP contribution in [-0.4, -0.2) is 4.98 Å². The van der Waals surface area contributed by atoms with E-state index in [-0.39, 0.29) is 10.9 Å². The summed E-state index contributed by atoms with van der Waals surface area (Å²) >= 11 is 0. The maximum atomic E-state index is 15.4. The van der Waals surface area contributed by atoms with Crippen LogP contribution in [0.1, 0.15) is 11.1 Å². The smallest absolute Gasteiger partial charge is 0.139 e. The molecule has 4 aromatic carbocycles. The summed E-state index contributed by atoms with van der Waals surface area (Å²) in [5.74, 6) is -4.12. The molecule has 32 heavy (non-hydrogen) atoms. The van der Waals surface area contributed by atoms with Gasteiger partial charge in [-0.3, -0.25) is 4.98 Å². The number of pyridine rings is 1. The molecule has 0 bridgehead atoms. The Morgan fingerprint density at radius 1 is 0.625 bits per heavy atom. The highest BCUT2D eigenvalue weighted by atomic mass is 19.1. The van der Waals surface area contributed by atoms with E-state index in [0.29, 0.717) is 17.5 Å². The maximum Gasteiger partial charge on any atom is 0.139 e. The minimum atomic E-state index is -1.15. The summed E-state index contributed by atoms with van der Waals surface area (Å²) < 4.78 is 57.3. The highest BCUT2D eigenvalue weighted by Gasteiger charge is 2.20. The van der Waals surface area contributed by atoms with Crippen LogP contribution in [0.5, 0.6) is 0 Å². The number of hydrogen-bond acceptors (Lipinski definition) is 1. The van der Waals surface area contributed by atoms with Crippen molar-refractivity contribution in [3.63, 3.8) is 0 Å². The minimum absolute atomic E-state index is 0.218. The van der Waals surface area contributed by atoms with E-state index >= 15 is 4.39 Å². The van der Waals surface area contributed by atoms with Crippen molar-refractivity contribution in [1.82, 2.24) is 4.98 Å². The zero-order chi connectivity index (χ0) is 22.6. The van der Waals surface area contributed by atoms with Gasteiger partial charge in [0.05, 0.1) is 11.3 Å². The van der Waals surface area contributed by atoms with E-state index in [1.165, 1.54) is 6.07 Å². The summed E-state index contributed by atoms with van der Waals surface area (Å²) in [5, 5.41) is 2.43. The SMILES string of the molecule is Cc1cc(C)cc(-c2nccc3c2ccc2c(F)c(-c4c(F)cc(F)cc4F)ccc23)c1. The van der Waals surface area contributed by atoms with Crippen LogP contribution in [0.3, 0.4) is 0 Å². The quantitative estimate of drug-likeness (QED) is 0.205. The molecule has 0 spiro atoms. The Kier molecular flexibility index (Phi) is 4.70. The molecule has 1 aromatic heterocycles. The Bertz CT molecular complexity index is 1500. The van der Waals surface area contributed by atoms with Gasteiger partial charge in [-0.1, -0.05) is 41.5 Å². The number of hydrogen-bond donors (Lipinski definition) is 0. The van der Waals surface area contributed by atoms with Gasteiger partial charge in [0.1, 0.15) is 23.3 Å². The van der Waals surface area contributed by atoms with Crippen LogP contribution in [0, 0.1) is 37.1 Å². The summed E-state index contributed by atoms with van der Waals surface area (Å²) in [6, 6.07) is 15.4. The molecule has 0 saturated carbocycles. The Labute approximate surface area is 182 Å². The van der Waals surface area contributed by atoms with E-state index < -0.39 is 28.8 Å². The van der Waals surface area contributed by atoms with E-state index in [1.54, 1.807) is 30.5 Å². The number of aryl methyl sites for hydroxylation is 2. The van der Waals surface area contributed by atoms with Gasteiger partial charge in [0.25, 0.3) is 0 Å². The summed E-state index contributed by atoms with van der Waals surface area (Å²) in [6.07, 6.45) is 1.67. The number of aromatic nitrogens is 1. The van der Waals surface area contributed by atoms with E-state index in [9.17, 15) is 13.2 Å². The van der Waals surface area contributed by atoms with Gasteiger partial charge in [0, 0.05) is 40.2 Å². The molecular formula is C27H17F4N. The molecule has 158 valence electrons. The molecule has 0 radical (unpaired) electrons. The van der Waals surface area contributed by atoms with Gasteiger partial charge in [-0.2, -0.15) is 0 Å². The molecule has 5 rings (SSSR count). The lowest BCUT2D eigenvalue weighted by atomic mass is 9.94. The second-order valence-electron chi connectivity index (χ2n) is 7.96. The molecule has 0 fully saturated rings. The Morgan fingerprint density at radius 3 is 1.91 bits per heavy atom. The largest absolute Gasteiger partial charge is 0.256 e. The minimum Gasteiger partial charge on any atom is -0.256 e. The molecule has 0 aliphatic carbocycles. The summed E-state index contributed by atoms with van der Waals surface area (Å²) in [4.78, 5) is 4.56. The maximum absolute atomic E-state index is 15.4. The molecular weight excluding hydrogens is 414 g/mol. The molecule has 0 atom stereocenters. The lowest BCUT2D eigenvalue weighted by Crippen LogP contribution is -1.96. The summed E-state index contributed by atoms with van der Waals surface area (Å²) in [7, 11) is 0. The fraction of sp³-hybridized carbons (Fsp3) is 0.0741. The number of halogens is 4. The molecule has 1 nitrogen and oxygen atoms in total. The third-order valence-electron chi connectivity index (χ3n) is 5.65. The van der Waals surface area contributed by atoms with Crippen LogP contribution in [0.15, 0.2) is 66.9 Å². The van der Waals surface area contributed by atoms with Crippen LogP contribution in [0.25, 0.3) is 43.9 Å². The van der Waals surface area contributed by atoms with Gasteiger partial charge in [-0.05, 0) is 42.8 Å². The van der Waals surface area contributed by atoms with Crippen LogP contribution < -0.4 is 0 Å². The Hall–Kier alpha value is -3.73. The van der Waals surface area contributed by atoms with Crippen LogP contribution in [-0.2, 0) is 0 Å². The van der Waals surface area contributed by atoms with Crippen LogP contribution in [0.4, 0.5) is 17.6 Å². The van der Waals surface area contributed by atoms with Crippen molar-refractivity contribution in [3.05, 3.63) is 101 Å². The van der Waals surface area contributed by atoms with Crippen LogP contribution in [0.2, 0.25) is 0 Å². The van der Waals surface area contributed by atoms with Crippen molar-refractivity contribution < 1.29 is 17.6 Å². The van der Waals surface area contributed by atoms with Gasteiger partial charge in [-0.15, -0.1) is 0 Å². The zero-order valence-electron chi connectivity index (χ0n) is 17.3. The monoisotopic (exact) mass is 431 g/mol. The van der Waals surface area contributed by atoms with E-state index in [1.807, 2.05) is 26.0 Å². The zero-order valence-corrected chi connectivity index (χ0v) is 17.3. The molecule has 5 aromatic rings. The van der Waals surface area contributed by atoms with Crippen molar-refractivity contribution in [2.45, 2.75) is 13.8 Å². The number of nitrogens with zero attached hydrogens (tertiary/aromatic N) is 1. The third-order valence-corrected chi connectivity index (χ3v) is 5.65. The van der Waals surface area contributed by atoms with Crippen LogP contribution >= 0.6 is 0 Å². The first-order chi connectivity index (χ1) is 15.3. The highest BCUT2D eigenvalue weighted by Crippen LogP contribution is 2.37. The van der Waals surface area contributed by atoms with E-state index in [2.05, 4.69) is 11.1 Å². The number of fused-ring (bicyclic) bond motifs is 3. The van der Waals surface area contributed by atoms with Crippen molar-refractivity contribution in [2.75, 3.05) is 0 Å². The van der Waals surface area contributed by atoms with Gasteiger partial charge in [0.15, 0.2) is 0 Å². The predicted octanol–water partition coefficient (Wildman–Crippen LogP) is 7.90. The van der Waals surface area contributed by atoms with E-state index in [4.69, 9.17) is 0 Å². The predicted molar refractivity (Wildman–Crippen MR) is 119 cm³/mol. The Morgan fingerprint density at radius 2 is 1.22 bits per heavy atom. The number of rotatable bonds is 2. The third kappa shape index (κ3) is 3.21. The Balaban J connectivity index is 1.77. The first-order valence-electron chi connectivity index (χ1n) is 10.1. The number of benzene rings is 4. The van der Waals surface area contributed by atoms with Gasteiger partial charge in [-0.25, -0.2) is 17.6 Å². The second-order valence-corrected chi connectivity index (χ2v) is 7.96. The van der Waals surface area contributed by atoms with E-state index in [0.717, 1.165) is 33.2 Å². The highest BCUT2D eigenvalue weighted by molar-refractivity contribution is 6.12. The molecule has 1 heterocycles. The van der Waals surface area contributed by atoms with Gasteiger partial charge >= 0.3 is 0 Å². The molecule has 0 N–H and O–H groups in total. The van der Waals surface area contributed by atoms with Gasteiger partial charge in [0.2, 0.25) is 0 Å². The topological polar surface area (TPSA) is 12.9 Å². The molecule has 0 aliphatic rings. The standard InChI is InChI=1S/C27H17F4N/c1-14-9-15(2)11-16(10-14)27-21-5-4-20-18(19(21)7-8-32-27)3-6-22(26(20)31)25-23(29)12-17(28)13-24(25)30/h3-13H,1-2H3. The van der Waals surface area contributed by atoms with Gasteiger partial charge < -0.3 is 0 Å². The first-order valence-corrected chi connectivity index (χ1v) is 10.1. The average Bonchev–Trinajstić information content (AvgIpc) is 2.73. The van der Waals surface area contributed by atoms with Crippen molar-refractivity contribution in [2.24, 2.45) is 0 Å². The fourth-order valence-electron chi connectivity index (χ4n) is 4.37.